The van der Waals surface area contributed by atoms with Gasteiger partial charge in [-0.15, -0.1) is 0 Å². The van der Waals surface area contributed by atoms with E-state index < -0.39 is 11.8 Å². The maximum absolute atomic E-state index is 13.0. The number of nitriles is 1. The molecule has 2 aromatic carbocycles. The number of carbonyl (C=O) groups is 1. The lowest BCUT2D eigenvalue weighted by Gasteiger charge is -2.11. The molecule has 106 valence electrons. The number of carboxylic acids is 1. The molecular weight excluding hydrogens is 273 g/mol. The quantitative estimate of drug-likeness (QED) is 0.917. The van der Waals surface area contributed by atoms with Crippen molar-refractivity contribution in [3.8, 4) is 11.8 Å². The van der Waals surface area contributed by atoms with E-state index in [0.717, 1.165) is 6.07 Å². The third kappa shape index (κ3) is 3.80. The predicted molar refractivity (Wildman–Crippen MR) is 73.2 cm³/mol. The van der Waals surface area contributed by atoms with Gasteiger partial charge in [0.05, 0.1) is 18.1 Å². The minimum atomic E-state index is -0.953. The van der Waals surface area contributed by atoms with Gasteiger partial charge in [-0.3, -0.25) is 4.79 Å². The number of carboxylic acid groups (broad SMARTS) is 1. The number of para-hydroxylation sites is 1. The Morgan fingerprint density at radius 3 is 2.71 bits per heavy atom. The second kappa shape index (κ2) is 6.53. The molecular formula is C16H12FNO3. The van der Waals surface area contributed by atoms with Crippen LogP contribution in [0.5, 0.6) is 5.75 Å². The first-order chi connectivity index (χ1) is 10.1. The first-order valence-electron chi connectivity index (χ1n) is 6.21. The van der Waals surface area contributed by atoms with Gasteiger partial charge in [0, 0.05) is 11.1 Å². The lowest BCUT2D eigenvalue weighted by atomic mass is 10.1. The number of aliphatic carboxylic acids is 1. The summed E-state index contributed by atoms with van der Waals surface area (Å²) in [6.45, 7) is 0.0693. The molecule has 0 aliphatic heterocycles. The average molecular weight is 285 g/mol. The zero-order chi connectivity index (χ0) is 15.2. The number of hydrogen-bond donors (Lipinski definition) is 1. The van der Waals surface area contributed by atoms with Crippen molar-refractivity contribution in [2.45, 2.75) is 13.0 Å². The summed E-state index contributed by atoms with van der Waals surface area (Å²) in [5.74, 6) is -1.000. The molecule has 0 spiro atoms. The summed E-state index contributed by atoms with van der Waals surface area (Å²) in [6, 6.07) is 12.6. The molecule has 0 heterocycles. The Morgan fingerprint density at radius 1 is 1.24 bits per heavy atom. The summed E-state index contributed by atoms with van der Waals surface area (Å²) in [7, 11) is 0. The van der Waals surface area contributed by atoms with Gasteiger partial charge in [-0.2, -0.15) is 5.26 Å². The van der Waals surface area contributed by atoms with Gasteiger partial charge in [-0.1, -0.05) is 24.3 Å². The molecule has 0 fully saturated rings. The number of nitrogens with zero attached hydrogens (tertiary/aromatic N) is 1. The molecule has 21 heavy (non-hydrogen) atoms. The zero-order valence-electron chi connectivity index (χ0n) is 11.0. The van der Waals surface area contributed by atoms with Crippen LogP contribution in [-0.4, -0.2) is 11.1 Å². The smallest absolute Gasteiger partial charge is 0.307 e. The van der Waals surface area contributed by atoms with Gasteiger partial charge in [-0.05, 0) is 18.2 Å². The Labute approximate surface area is 121 Å². The Hall–Kier alpha value is -2.87. The number of ether oxygens (including phenoxy) is 1. The van der Waals surface area contributed by atoms with E-state index in [1.54, 1.807) is 24.3 Å². The van der Waals surface area contributed by atoms with E-state index in [2.05, 4.69) is 0 Å². The first kappa shape index (κ1) is 14.5. The van der Waals surface area contributed by atoms with Gasteiger partial charge in [0.25, 0.3) is 0 Å². The fraction of sp³-hybridized carbons (Fsp3) is 0.125. The summed E-state index contributed by atoms with van der Waals surface area (Å²) in [6.07, 6.45) is -0.148. The van der Waals surface area contributed by atoms with E-state index in [0.29, 0.717) is 16.9 Å². The van der Waals surface area contributed by atoms with E-state index in [1.165, 1.54) is 12.1 Å². The summed E-state index contributed by atoms with van der Waals surface area (Å²) in [5.41, 5.74) is 1.29. The Balaban J connectivity index is 2.17. The van der Waals surface area contributed by atoms with Gasteiger partial charge in [-0.25, -0.2) is 4.39 Å². The molecule has 0 radical (unpaired) electrons. The lowest BCUT2D eigenvalue weighted by Crippen LogP contribution is -2.05. The van der Waals surface area contributed by atoms with Crippen molar-refractivity contribution >= 4 is 5.97 Å². The molecule has 0 aromatic heterocycles. The SMILES string of the molecule is N#Cc1cc(F)ccc1COc1ccccc1CC(=O)O. The van der Waals surface area contributed by atoms with Crippen LogP contribution in [0.4, 0.5) is 4.39 Å². The number of hydrogen-bond acceptors (Lipinski definition) is 3. The fourth-order valence-corrected chi connectivity index (χ4v) is 1.89. The second-order valence-electron chi connectivity index (χ2n) is 4.38. The molecule has 0 aliphatic rings. The number of benzene rings is 2. The lowest BCUT2D eigenvalue weighted by molar-refractivity contribution is -0.136. The van der Waals surface area contributed by atoms with Crippen LogP contribution in [0.2, 0.25) is 0 Å². The van der Waals surface area contributed by atoms with E-state index >= 15 is 0 Å². The van der Waals surface area contributed by atoms with Crippen LogP contribution in [-0.2, 0) is 17.8 Å². The van der Waals surface area contributed by atoms with Crippen LogP contribution in [0.15, 0.2) is 42.5 Å². The molecule has 1 N–H and O–H groups in total. The molecule has 0 atom stereocenters. The fourth-order valence-electron chi connectivity index (χ4n) is 1.89. The van der Waals surface area contributed by atoms with E-state index in [4.69, 9.17) is 15.1 Å². The summed E-state index contributed by atoms with van der Waals surface area (Å²) in [5, 5.41) is 17.8. The molecule has 2 rings (SSSR count). The van der Waals surface area contributed by atoms with Crippen molar-refractivity contribution < 1.29 is 19.0 Å². The van der Waals surface area contributed by atoms with Crippen molar-refractivity contribution in [3.63, 3.8) is 0 Å². The second-order valence-corrected chi connectivity index (χ2v) is 4.38. The summed E-state index contributed by atoms with van der Waals surface area (Å²) in [4.78, 5) is 10.8. The standard InChI is InChI=1S/C16H12FNO3/c17-14-6-5-12(13(7-14)9-18)10-21-15-4-2-1-3-11(15)8-16(19)20/h1-7H,8,10H2,(H,19,20). The zero-order valence-corrected chi connectivity index (χ0v) is 11.0. The molecule has 0 saturated heterocycles. The van der Waals surface area contributed by atoms with E-state index in [-0.39, 0.29) is 18.6 Å². The molecule has 5 heteroatoms. The molecule has 0 bridgehead atoms. The highest BCUT2D eigenvalue weighted by molar-refractivity contribution is 5.71. The molecule has 0 unspecified atom stereocenters. The predicted octanol–water partition coefficient (Wildman–Crippen LogP) is 2.90. The van der Waals surface area contributed by atoms with E-state index in [9.17, 15) is 9.18 Å². The van der Waals surface area contributed by atoms with Crippen LogP contribution in [0, 0.1) is 17.1 Å². The van der Waals surface area contributed by atoms with E-state index in [1.807, 2.05) is 6.07 Å². The largest absolute Gasteiger partial charge is 0.489 e. The van der Waals surface area contributed by atoms with Crippen LogP contribution < -0.4 is 4.74 Å². The van der Waals surface area contributed by atoms with Crippen molar-refractivity contribution in [2.75, 3.05) is 0 Å². The highest BCUT2D eigenvalue weighted by atomic mass is 19.1. The van der Waals surface area contributed by atoms with Crippen LogP contribution in [0.1, 0.15) is 16.7 Å². The van der Waals surface area contributed by atoms with Crippen LogP contribution in [0.3, 0.4) is 0 Å². The molecule has 0 saturated carbocycles. The normalized spacial score (nSPS) is 9.90. The Morgan fingerprint density at radius 2 is 2.00 bits per heavy atom. The Kier molecular flexibility index (Phi) is 4.52. The van der Waals surface area contributed by atoms with Gasteiger partial charge < -0.3 is 9.84 Å². The summed E-state index contributed by atoms with van der Waals surface area (Å²) < 4.78 is 18.6. The van der Waals surface area contributed by atoms with Crippen molar-refractivity contribution in [1.29, 1.82) is 5.26 Å². The van der Waals surface area contributed by atoms with Crippen molar-refractivity contribution in [1.82, 2.24) is 0 Å². The van der Waals surface area contributed by atoms with Gasteiger partial charge in [0.15, 0.2) is 0 Å². The molecule has 4 nitrogen and oxygen atoms in total. The Bertz CT molecular complexity index is 707. The highest BCUT2D eigenvalue weighted by Gasteiger charge is 2.09. The van der Waals surface area contributed by atoms with Crippen molar-refractivity contribution in [3.05, 3.63) is 65.0 Å². The average Bonchev–Trinajstić information content (AvgIpc) is 2.46. The minimum absolute atomic E-state index is 0.0693. The molecule has 2 aromatic rings. The van der Waals surface area contributed by atoms with Gasteiger partial charge in [0.1, 0.15) is 18.2 Å². The van der Waals surface area contributed by atoms with Gasteiger partial charge in [0.2, 0.25) is 0 Å². The topological polar surface area (TPSA) is 70.3 Å². The molecule has 0 amide bonds. The molecule has 0 aliphatic carbocycles. The minimum Gasteiger partial charge on any atom is -0.489 e. The van der Waals surface area contributed by atoms with Crippen LogP contribution in [0.25, 0.3) is 0 Å². The third-order valence-corrected chi connectivity index (χ3v) is 2.89. The highest BCUT2D eigenvalue weighted by Crippen LogP contribution is 2.21. The van der Waals surface area contributed by atoms with Crippen LogP contribution >= 0.6 is 0 Å². The number of rotatable bonds is 5. The third-order valence-electron chi connectivity index (χ3n) is 2.89. The summed E-state index contributed by atoms with van der Waals surface area (Å²) >= 11 is 0. The first-order valence-corrected chi connectivity index (χ1v) is 6.21. The number of halogens is 1. The monoisotopic (exact) mass is 285 g/mol. The van der Waals surface area contributed by atoms with Crippen molar-refractivity contribution in [2.24, 2.45) is 0 Å². The van der Waals surface area contributed by atoms with Gasteiger partial charge >= 0.3 is 5.97 Å². The maximum Gasteiger partial charge on any atom is 0.307 e. The maximum atomic E-state index is 13.0.